The molecular weight excluding hydrogens is 643 g/mol. The summed E-state index contributed by atoms with van der Waals surface area (Å²) in [6, 6.07) is 70.0. The summed E-state index contributed by atoms with van der Waals surface area (Å²) < 4.78 is 0. The number of rotatable bonds is 5. The molecule has 8 aromatic carbocycles. The number of benzene rings is 8. The number of nitrogens with one attached hydrogen (secondary N) is 1. The smallest absolute Gasteiger partial charge is 0.154 e. The van der Waals surface area contributed by atoms with Gasteiger partial charge in [-0.15, -0.1) is 0 Å². The first-order valence-electron chi connectivity index (χ1n) is 17.9. The summed E-state index contributed by atoms with van der Waals surface area (Å²) in [5.41, 5.74) is 18.9. The van der Waals surface area contributed by atoms with Gasteiger partial charge in [-0.05, 0) is 73.8 Å². The van der Waals surface area contributed by atoms with Gasteiger partial charge in [0.15, 0.2) is 5.84 Å². The van der Waals surface area contributed by atoms with Gasteiger partial charge in [0.2, 0.25) is 0 Å². The van der Waals surface area contributed by atoms with E-state index in [0.29, 0.717) is 5.84 Å². The molecule has 8 aromatic rings. The zero-order valence-electron chi connectivity index (χ0n) is 29.6. The van der Waals surface area contributed by atoms with E-state index in [-0.39, 0.29) is 11.3 Å². The molecule has 1 aliphatic carbocycles. The highest BCUT2D eigenvalue weighted by Gasteiger charge is 2.46. The molecule has 9 rings (SSSR count). The Morgan fingerprint density at radius 3 is 1.66 bits per heavy atom. The van der Waals surface area contributed by atoms with E-state index in [4.69, 9.17) is 11.1 Å². The van der Waals surface area contributed by atoms with Crippen molar-refractivity contribution >= 4 is 22.4 Å². The first kappa shape index (κ1) is 33.3. The molecule has 0 aliphatic heterocycles. The van der Waals surface area contributed by atoms with Gasteiger partial charge in [-0.25, -0.2) is 4.99 Å². The molecule has 0 saturated carbocycles. The second kappa shape index (κ2) is 14.4. The lowest BCUT2D eigenvalue weighted by molar-refractivity contribution is 0.769. The third kappa shape index (κ3) is 6.13. The van der Waals surface area contributed by atoms with Gasteiger partial charge in [-0.2, -0.15) is 0 Å². The lowest BCUT2D eigenvalue weighted by Gasteiger charge is -2.34. The van der Waals surface area contributed by atoms with Crippen molar-refractivity contribution in [2.24, 2.45) is 10.7 Å². The SMILES string of the molecule is Cc1c(-c2ccc3c(c2)C(c2ccccc2)(c2ccccc2)c2ccccc2-3)ccc2ccccc12.N=C(N=C(N)c1ccccc1)c1ccccc1. The molecule has 3 heteroatoms. The highest BCUT2D eigenvalue weighted by molar-refractivity contribution is 6.09. The van der Waals surface area contributed by atoms with Crippen LogP contribution in [0.2, 0.25) is 0 Å². The van der Waals surface area contributed by atoms with E-state index in [2.05, 4.69) is 151 Å². The quantitative estimate of drug-likeness (QED) is 0.138. The van der Waals surface area contributed by atoms with Crippen LogP contribution in [-0.2, 0) is 5.41 Å². The molecule has 53 heavy (non-hydrogen) atoms. The van der Waals surface area contributed by atoms with Crippen LogP contribution in [0.4, 0.5) is 0 Å². The number of hydrogen-bond donors (Lipinski definition) is 2. The minimum absolute atomic E-state index is 0.173. The summed E-state index contributed by atoms with van der Waals surface area (Å²) in [4.78, 5) is 4.10. The number of aliphatic imine (C=N–C) groups is 1. The Morgan fingerprint density at radius 1 is 0.491 bits per heavy atom. The van der Waals surface area contributed by atoms with E-state index in [1.165, 1.54) is 60.8 Å². The molecule has 254 valence electrons. The van der Waals surface area contributed by atoms with Gasteiger partial charge in [-0.3, -0.25) is 5.41 Å². The van der Waals surface area contributed by atoms with Crippen LogP contribution in [0.5, 0.6) is 0 Å². The largest absolute Gasteiger partial charge is 0.383 e. The fourth-order valence-electron chi connectivity index (χ4n) is 7.81. The third-order valence-electron chi connectivity index (χ3n) is 10.3. The first-order chi connectivity index (χ1) is 26.1. The Morgan fingerprint density at radius 2 is 1.00 bits per heavy atom. The van der Waals surface area contributed by atoms with Crippen molar-refractivity contribution in [2.75, 3.05) is 0 Å². The molecule has 0 aromatic heterocycles. The van der Waals surface area contributed by atoms with E-state index in [1.54, 1.807) is 0 Å². The second-order valence-electron chi connectivity index (χ2n) is 13.3. The van der Waals surface area contributed by atoms with Crippen LogP contribution >= 0.6 is 0 Å². The average molecular weight is 682 g/mol. The molecule has 0 bridgehead atoms. The van der Waals surface area contributed by atoms with Crippen LogP contribution in [0.1, 0.15) is 38.9 Å². The van der Waals surface area contributed by atoms with Crippen molar-refractivity contribution in [1.29, 1.82) is 5.41 Å². The lowest BCUT2D eigenvalue weighted by Crippen LogP contribution is -2.28. The minimum Gasteiger partial charge on any atom is -0.383 e. The minimum atomic E-state index is -0.366. The fourth-order valence-corrected chi connectivity index (χ4v) is 7.81. The number of fused-ring (bicyclic) bond motifs is 4. The van der Waals surface area contributed by atoms with E-state index < -0.39 is 0 Å². The standard InChI is InChI=1S/C36H26.C14H13N3/c1-25-30-17-9-8-12-26(30)20-22-31(25)27-21-23-33-32-18-10-11-19-34(32)36(35(33)24-27,28-13-4-2-5-14-28)29-15-6-3-7-16-29;15-13(11-7-3-1-4-8-11)17-14(16)12-9-5-2-6-10-12/h2-24H,1H3;1-10H,(H3,15,16,17). The topological polar surface area (TPSA) is 62.2 Å². The highest BCUT2D eigenvalue weighted by Crippen LogP contribution is 2.56. The highest BCUT2D eigenvalue weighted by atomic mass is 14.9. The maximum atomic E-state index is 7.84. The number of nitrogens with two attached hydrogens (primary N) is 1. The lowest BCUT2D eigenvalue weighted by atomic mass is 9.67. The molecule has 3 N–H and O–H groups in total. The summed E-state index contributed by atoms with van der Waals surface area (Å²) in [6.45, 7) is 2.25. The Labute approximate surface area is 311 Å². The Balaban J connectivity index is 0.000000198. The van der Waals surface area contributed by atoms with E-state index >= 15 is 0 Å². The summed E-state index contributed by atoms with van der Waals surface area (Å²) in [7, 11) is 0. The van der Waals surface area contributed by atoms with Crippen molar-refractivity contribution in [1.82, 2.24) is 0 Å². The monoisotopic (exact) mass is 681 g/mol. The third-order valence-corrected chi connectivity index (χ3v) is 10.3. The zero-order chi connectivity index (χ0) is 36.2. The second-order valence-corrected chi connectivity index (χ2v) is 13.3. The molecule has 0 fully saturated rings. The van der Waals surface area contributed by atoms with Crippen molar-refractivity contribution in [3.05, 3.63) is 239 Å². The molecule has 0 atom stereocenters. The van der Waals surface area contributed by atoms with Gasteiger partial charge < -0.3 is 5.73 Å². The Kier molecular flexibility index (Phi) is 9.06. The first-order valence-corrected chi connectivity index (χ1v) is 17.9. The number of hydrogen-bond acceptors (Lipinski definition) is 1. The van der Waals surface area contributed by atoms with Crippen LogP contribution in [0.15, 0.2) is 205 Å². The molecule has 0 radical (unpaired) electrons. The van der Waals surface area contributed by atoms with E-state index in [9.17, 15) is 0 Å². The fraction of sp³-hybridized carbons (Fsp3) is 0.0400. The van der Waals surface area contributed by atoms with Gasteiger partial charge in [-0.1, -0.05) is 194 Å². The van der Waals surface area contributed by atoms with Crippen LogP contribution in [0, 0.1) is 12.3 Å². The molecule has 3 nitrogen and oxygen atoms in total. The van der Waals surface area contributed by atoms with Gasteiger partial charge >= 0.3 is 0 Å². The van der Waals surface area contributed by atoms with E-state index in [0.717, 1.165) is 11.1 Å². The van der Waals surface area contributed by atoms with Crippen molar-refractivity contribution < 1.29 is 0 Å². The number of aryl methyl sites for hydroxylation is 1. The van der Waals surface area contributed by atoms with Crippen LogP contribution in [0.3, 0.4) is 0 Å². The Bertz CT molecular complexity index is 2540. The maximum absolute atomic E-state index is 7.84. The predicted octanol–water partition coefficient (Wildman–Crippen LogP) is 11.6. The van der Waals surface area contributed by atoms with Gasteiger partial charge in [0.1, 0.15) is 5.84 Å². The summed E-state index contributed by atoms with van der Waals surface area (Å²) in [5, 5.41) is 10.4. The maximum Gasteiger partial charge on any atom is 0.154 e. The normalized spacial score (nSPS) is 12.7. The van der Waals surface area contributed by atoms with Crippen LogP contribution in [0.25, 0.3) is 33.0 Å². The van der Waals surface area contributed by atoms with E-state index in [1.807, 2.05) is 60.7 Å². The van der Waals surface area contributed by atoms with Gasteiger partial charge in [0.05, 0.1) is 5.41 Å². The van der Waals surface area contributed by atoms with Crippen LogP contribution in [-0.4, -0.2) is 11.7 Å². The van der Waals surface area contributed by atoms with Gasteiger partial charge in [0.25, 0.3) is 0 Å². The molecule has 0 saturated heterocycles. The van der Waals surface area contributed by atoms with Crippen molar-refractivity contribution in [3.8, 4) is 22.3 Å². The number of nitrogens with zero attached hydrogens (tertiary/aromatic N) is 1. The molecule has 0 unspecified atom stereocenters. The Hall–Kier alpha value is -6.84. The van der Waals surface area contributed by atoms with Crippen LogP contribution < -0.4 is 5.73 Å². The molecule has 0 spiro atoms. The zero-order valence-corrected chi connectivity index (χ0v) is 29.6. The summed E-state index contributed by atoms with van der Waals surface area (Å²) in [5.74, 6) is 0.534. The molecule has 0 amide bonds. The summed E-state index contributed by atoms with van der Waals surface area (Å²) >= 11 is 0. The summed E-state index contributed by atoms with van der Waals surface area (Å²) in [6.07, 6.45) is 0. The van der Waals surface area contributed by atoms with Crippen molar-refractivity contribution in [2.45, 2.75) is 12.3 Å². The average Bonchev–Trinajstić information content (AvgIpc) is 3.53. The number of amidine groups is 2. The van der Waals surface area contributed by atoms with Crippen molar-refractivity contribution in [3.63, 3.8) is 0 Å². The van der Waals surface area contributed by atoms with Gasteiger partial charge in [0, 0.05) is 11.1 Å². The molecular formula is C50H39N3. The predicted molar refractivity (Wildman–Crippen MR) is 222 cm³/mol. The molecule has 1 aliphatic rings. The molecule has 0 heterocycles.